The second-order valence-electron chi connectivity index (χ2n) is 8.88. The van der Waals surface area contributed by atoms with Crippen molar-refractivity contribution in [2.24, 2.45) is 0 Å². The Morgan fingerprint density at radius 2 is 1.21 bits per heavy atom. The first-order valence-electron chi connectivity index (χ1n) is 11.6. The van der Waals surface area contributed by atoms with Gasteiger partial charge >= 0.3 is 0 Å². The third-order valence-corrected chi connectivity index (χ3v) is 6.23. The van der Waals surface area contributed by atoms with Crippen molar-refractivity contribution < 1.29 is 10.2 Å². The van der Waals surface area contributed by atoms with E-state index in [0.717, 1.165) is 31.2 Å². The topological polar surface area (TPSA) is 40.5 Å². The highest BCUT2D eigenvalue weighted by Gasteiger charge is 2.28. The van der Waals surface area contributed by atoms with Gasteiger partial charge in [-0.25, -0.2) is 0 Å². The molecule has 0 saturated carbocycles. The maximum Gasteiger partial charge on any atom is 0.119 e. The highest BCUT2D eigenvalue weighted by atomic mass is 16.3. The Bertz CT molecular complexity index is 744. The number of aromatic hydroxyl groups is 2. The molecule has 0 fully saturated rings. The van der Waals surface area contributed by atoms with Crippen LogP contribution in [0.4, 0.5) is 0 Å². The molecule has 2 N–H and O–H groups in total. The van der Waals surface area contributed by atoms with Crippen LogP contribution in [0.25, 0.3) is 0 Å². The zero-order chi connectivity index (χ0) is 21.3. The van der Waals surface area contributed by atoms with Crippen LogP contribution in [0.3, 0.4) is 0 Å². The minimum Gasteiger partial charge on any atom is -0.508 e. The lowest BCUT2D eigenvalue weighted by atomic mass is 9.74. The molecule has 0 spiro atoms. The molecule has 2 nitrogen and oxygen atoms in total. The van der Waals surface area contributed by atoms with Gasteiger partial charge in [-0.15, -0.1) is 0 Å². The lowest BCUT2D eigenvalue weighted by molar-refractivity contribution is 0.462. The summed E-state index contributed by atoms with van der Waals surface area (Å²) >= 11 is 0. The van der Waals surface area contributed by atoms with Crippen LogP contribution >= 0.6 is 0 Å². The van der Waals surface area contributed by atoms with Gasteiger partial charge in [0.1, 0.15) is 11.5 Å². The molecule has 160 valence electrons. The first-order chi connectivity index (χ1) is 13.9. The maximum absolute atomic E-state index is 10.7. The van der Waals surface area contributed by atoms with Crippen molar-refractivity contribution in [1.82, 2.24) is 0 Å². The average molecular weight is 397 g/mol. The number of unbranched alkanes of at least 4 members (excludes halogenated alkanes) is 6. The van der Waals surface area contributed by atoms with Gasteiger partial charge in [0.25, 0.3) is 0 Å². The summed E-state index contributed by atoms with van der Waals surface area (Å²) < 4.78 is 0. The Morgan fingerprint density at radius 1 is 0.655 bits per heavy atom. The number of phenolic OH excluding ortho intramolecular Hbond substituents is 2. The van der Waals surface area contributed by atoms with Crippen molar-refractivity contribution in [2.45, 2.75) is 97.3 Å². The molecule has 0 aliphatic heterocycles. The van der Waals surface area contributed by atoms with Crippen LogP contribution in [0.15, 0.2) is 36.4 Å². The van der Waals surface area contributed by atoms with Crippen molar-refractivity contribution >= 4 is 0 Å². The molecule has 0 atom stereocenters. The molecule has 2 heteroatoms. The molecule has 0 amide bonds. The Balaban J connectivity index is 2.41. The van der Waals surface area contributed by atoms with Crippen LogP contribution in [0, 0.1) is 0 Å². The molecule has 2 aromatic carbocycles. The normalized spacial score (nSPS) is 11.7. The summed E-state index contributed by atoms with van der Waals surface area (Å²) in [6.07, 6.45) is 11.7. The summed E-state index contributed by atoms with van der Waals surface area (Å²) in [6.45, 7) is 8.98. The van der Waals surface area contributed by atoms with Gasteiger partial charge in [0, 0.05) is 5.41 Å². The summed E-state index contributed by atoms with van der Waals surface area (Å²) in [5.74, 6) is 0.754. The van der Waals surface area contributed by atoms with Crippen LogP contribution in [-0.4, -0.2) is 10.2 Å². The van der Waals surface area contributed by atoms with Crippen molar-refractivity contribution in [3.05, 3.63) is 58.7 Å². The van der Waals surface area contributed by atoms with Gasteiger partial charge in [0.05, 0.1) is 0 Å². The minimum atomic E-state index is -0.181. The lowest BCUT2D eigenvalue weighted by Gasteiger charge is -2.30. The van der Waals surface area contributed by atoms with Crippen molar-refractivity contribution in [3.8, 4) is 11.5 Å². The maximum atomic E-state index is 10.7. The number of phenols is 2. The number of hydrogen-bond donors (Lipinski definition) is 2. The Morgan fingerprint density at radius 3 is 1.76 bits per heavy atom. The quantitative estimate of drug-likeness (QED) is 0.361. The summed E-state index contributed by atoms with van der Waals surface area (Å²) in [5.41, 5.74) is 4.81. The third kappa shape index (κ3) is 6.26. The van der Waals surface area contributed by atoms with Crippen molar-refractivity contribution in [3.63, 3.8) is 0 Å². The van der Waals surface area contributed by atoms with E-state index in [-0.39, 0.29) is 5.41 Å². The zero-order valence-electron chi connectivity index (χ0n) is 18.9. The van der Waals surface area contributed by atoms with Gasteiger partial charge in [0.2, 0.25) is 0 Å². The summed E-state index contributed by atoms with van der Waals surface area (Å²) in [7, 11) is 0. The molecular formula is C27H40O2. The van der Waals surface area contributed by atoms with E-state index in [9.17, 15) is 10.2 Å². The number of benzene rings is 2. The summed E-state index contributed by atoms with van der Waals surface area (Å²) in [4.78, 5) is 0. The molecule has 0 radical (unpaired) electrons. The fourth-order valence-corrected chi connectivity index (χ4v) is 4.32. The summed E-state index contributed by atoms with van der Waals surface area (Å²) in [5, 5.41) is 20.4. The molecule has 0 unspecified atom stereocenters. The van der Waals surface area contributed by atoms with Gasteiger partial charge in [-0.05, 0) is 66.1 Å². The smallest absolute Gasteiger partial charge is 0.119 e. The van der Waals surface area contributed by atoms with Crippen LogP contribution in [0.5, 0.6) is 11.5 Å². The molecule has 2 aromatic rings. The van der Waals surface area contributed by atoms with Gasteiger partial charge in [-0.1, -0.05) is 84.4 Å². The first kappa shape index (κ1) is 23.3. The molecule has 0 heterocycles. The van der Waals surface area contributed by atoms with Crippen LogP contribution in [-0.2, 0) is 18.3 Å². The van der Waals surface area contributed by atoms with Gasteiger partial charge in [-0.2, -0.15) is 0 Å². The van der Waals surface area contributed by atoms with E-state index in [2.05, 4.69) is 33.8 Å². The standard InChI is InChI=1S/C27H40O2/c1-5-7-9-11-13-23-24(14-12-10-8-6-2)26(29)20-19-25(23)27(3,4)21-15-17-22(28)18-16-21/h15-20,28-29H,5-14H2,1-4H3. The van der Waals surface area contributed by atoms with Gasteiger partial charge in [0.15, 0.2) is 0 Å². The average Bonchev–Trinajstić information content (AvgIpc) is 2.70. The van der Waals surface area contributed by atoms with Crippen molar-refractivity contribution in [2.75, 3.05) is 0 Å². The molecule has 2 rings (SSSR count). The number of rotatable bonds is 12. The predicted octanol–water partition coefficient (Wildman–Crippen LogP) is 7.67. The molecule has 29 heavy (non-hydrogen) atoms. The molecule has 0 aliphatic rings. The fourth-order valence-electron chi connectivity index (χ4n) is 4.32. The summed E-state index contributed by atoms with van der Waals surface area (Å²) in [6, 6.07) is 11.6. The fraction of sp³-hybridized carbons (Fsp3) is 0.556. The van der Waals surface area contributed by atoms with E-state index in [1.54, 1.807) is 12.1 Å². The number of hydrogen-bond acceptors (Lipinski definition) is 2. The third-order valence-electron chi connectivity index (χ3n) is 6.23. The monoisotopic (exact) mass is 396 g/mol. The largest absolute Gasteiger partial charge is 0.508 e. The van der Waals surface area contributed by atoms with Gasteiger partial charge < -0.3 is 10.2 Å². The van der Waals surface area contributed by atoms with Gasteiger partial charge in [-0.3, -0.25) is 0 Å². The second kappa shape index (κ2) is 11.3. The predicted molar refractivity (Wildman–Crippen MR) is 124 cm³/mol. The Hall–Kier alpha value is -1.96. The Kier molecular flexibility index (Phi) is 9.07. The highest BCUT2D eigenvalue weighted by molar-refractivity contribution is 5.51. The molecule has 0 bridgehead atoms. The van der Waals surface area contributed by atoms with E-state index in [4.69, 9.17) is 0 Å². The lowest BCUT2D eigenvalue weighted by Crippen LogP contribution is -2.22. The molecule has 0 aliphatic carbocycles. The molecular weight excluding hydrogens is 356 g/mol. The van der Waals surface area contributed by atoms with Crippen LogP contribution in [0.2, 0.25) is 0 Å². The molecule has 0 saturated heterocycles. The first-order valence-corrected chi connectivity index (χ1v) is 11.6. The molecule has 0 aromatic heterocycles. The van der Waals surface area contributed by atoms with E-state index in [0.29, 0.717) is 11.5 Å². The van der Waals surface area contributed by atoms with E-state index >= 15 is 0 Å². The minimum absolute atomic E-state index is 0.181. The highest BCUT2D eigenvalue weighted by Crippen LogP contribution is 2.39. The van der Waals surface area contributed by atoms with E-state index in [1.807, 2.05) is 18.2 Å². The SMILES string of the molecule is CCCCCCc1c(O)ccc(C(C)(C)c2ccc(O)cc2)c1CCCCCC. The zero-order valence-corrected chi connectivity index (χ0v) is 18.9. The van der Waals surface area contributed by atoms with Crippen LogP contribution < -0.4 is 0 Å². The second-order valence-corrected chi connectivity index (χ2v) is 8.88. The van der Waals surface area contributed by atoms with Crippen molar-refractivity contribution in [1.29, 1.82) is 0 Å². The van der Waals surface area contributed by atoms with Crippen LogP contribution in [0.1, 0.15) is 101 Å². The van der Waals surface area contributed by atoms with E-state index in [1.165, 1.54) is 55.2 Å². The Labute approximate surface area is 178 Å². The van der Waals surface area contributed by atoms with E-state index < -0.39 is 0 Å².